The van der Waals surface area contributed by atoms with Gasteiger partial charge in [-0.15, -0.1) is 0 Å². The van der Waals surface area contributed by atoms with E-state index in [-0.39, 0.29) is 24.9 Å². The Labute approximate surface area is 101 Å². The van der Waals surface area contributed by atoms with Gasteiger partial charge in [0.15, 0.2) is 6.61 Å². The third-order valence-electron chi connectivity index (χ3n) is 2.33. The highest BCUT2D eigenvalue weighted by Crippen LogP contribution is 2.02. The molecule has 17 heavy (non-hydrogen) atoms. The lowest BCUT2D eigenvalue weighted by Gasteiger charge is -2.17. The van der Waals surface area contributed by atoms with Crippen molar-refractivity contribution >= 4 is 11.9 Å². The average molecular weight is 235 g/mol. The fourth-order valence-electron chi connectivity index (χ4n) is 1.30. The highest BCUT2D eigenvalue weighted by Gasteiger charge is 2.11. The summed E-state index contributed by atoms with van der Waals surface area (Å²) in [5, 5.41) is 0. The number of hydrogen-bond donors (Lipinski definition) is 0. The van der Waals surface area contributed by atoms with E-state index in [1.165, 1.54) is 4.90 Å². The molecular weight excluding hydrogens is 218 g/mol. The van der Waals surface area contributed by atoms with Gasteiger partial charge < -0.3 is 9.64 Å². The van der Waals surface area contributed by atoms with Gasteiger partial charge in [-0.1, -0.05) is 37.3 Å². The van der Waals surface area contributed by atoms with Crippen LogP contribution in [0.3, 0.4) is 0 Å². The van der Waals surface area contributed by atoms with Gasteiger partial charge in [-0.2, -0.15) is 0 Å². The number of ether oxygens (including phenoxy) is 1. The number of amides is 1. The van der Waals surface area contributed by atoms with E-state index in [2.05, 4.69) is 0 Å². The molecule has 1 amide bonds. The lowest BCUT2D eigenvalue weighted by Crippen LogP contribution is -2.30. The van der Waals surface area contributed by atoms with Gasteiger partial charge in [0.1, 0.15) is 0 Å². The van der Waals surface area contributed by atoms with Crippen molar-refractivity contribution in [3.8, 4) is 0 Å². The molecule has 0 aliphatic carbocycles. The van der Waals surface area contributed by atoms with E-state index in [0.717, 1.165) is 5.56 Å². The van der Waals surface area contributed by atoms with Gasteiger partial charge in [-0.05, 0) is 5.56 Å². The summed E-state index contributed by atoms with van der Waals surface area (Å²) < 4.78 is 4.78. The molecule has 0 bridgehead atoms. The van der Waals surface area contributed by atoms with E-state index in [4.69, 9.17) is 4.74 Å². The number of carbonyl (C=O) groups is 2. The predicted molar refractivity (Wildman–Crippen MR) is 64.2 cm³/mol. The lowest BCUT2D eigenvalue weighted by atomic mass is 10.2. The maximum Gasteiger partial charge on any atom is 0.306 e. The molecule has 92 valence electrons. The van der Waals surface area contributed by atoms with Crippen LogP contribution in [0.2, 0.25) is 0 Å². The Morgan fingerprint density at radius 2 is 1.88 bits per heavy atom. The number of rotatable bonds is 5. The van der Waals surface area contributed by atoms with E-state index in [9.17, 15) is 9.59 Å². The standard InChI is InChI=1S/C13H17NO3/c1-3-13(16)17-10-12(15)14(2)9-11-7-5-4-6-8-11/h4-8H,3,9-10H2,1-2H3. The molecule has 1 aromatic rings. The summed E-state index contributed by atoms with van der Waals surface area (Å²) in [6.45, 7) is 2.03. The predicted octanol–water partition coefficient (Wildman–Crippen LogP) is 1.60. The van der Waals surface area contributed by atoms with E-state index in [0.29, 0.717) is 6.54 Å². The third kappa shape index (κ3) is 4.68. The molecular formula is C13H17NO3. The second-order valence-corrected chi connectivity index (χ2v) is 3.75. The SMILES string of the molecule is CCC(=O)OCC(=O)N(C)Cc1ccccc1. The molecule has 0 saturated heterocycles. The molecule has 0 atom stereocenters. The van der Waals surface area contributed by atoms with Crippen molar-refractivity contribution in [3.05, 3.63) is 35.9 Å². The maximum atomic E-state index is 11.6. The third-order valence-corrected chi connectivity index (χ3v) is 2.33. The largest absolute Gasteiger partial charge is 0.456 e. The molecule has 0 heterocycles. The Morgan fingerprint density at radius 3 is 2.47 bits per heavy atom. The topological polar surface area (TPSA) is 46.6 Å². The second-order valence-electron chi connectivity index (χ2n) is 3.75. The Morgan fingerprint density at radius 1 is 1.24 bits per heavy atom. The molecule has 0 aliphatic heterocycles. The van der Waals surface area contributed by atoms with Gasteiger partial charge >= 0.3 is 5.97 Å². The van der Waals surface area contributed by atoms with Crippen LogP contribution < -0.4 is 0 Å². The zero-order valence-electron chi connectivity index (χ0n) is 10.2. The minimum Gasteiger partial charge on any atom is -0.456 e. The Hall–Kier alpha value is -1.84. The van der Waals surface area contributed by atoms with Crippen molar-refractivity contribution in [2.45, 2.75) is 19.9 Å². The van der Waals surface area contributed by atoms with Crippen LogP contribution in [0.15, 0.2) is 30.3 Å². The molecule has 1 aromatic carbocycles. The van der Waals surface area contributed by atoms with Crippen LogP contribution in [0.25, 0.3) is 0 Å². The Balaban J connectivity index is 2.40. The summed E-state index contributed by atoms with van der Waals surface area (Å²) in [6.07, 6.45) is 0.287. The molecule has 0 aromatic heterocycles. The van der Waals surface area contributed by atoms with Crippen molar-refractivity contribution in [2.75, 3.05) is 13.7 Å². The fourth-order valence-corrected chi connectivity index (χ4v) is 1.30. The van der Waals surface area contributed by atoms with Crippen molar-refractivity contribution in [1.29, 1.82) is 0 Å². The van der Waals surface area contributed by atoms with Crippen molar-refractivity contribution < 1.29 is 14.3 Å². The van der Waals surface area contributed by atoms with Crippen LogP contribution in [-0.4, -0.2) is 30.4 Å². The second kappa shape index (κ2) is 6.68. The first-order valence-electron chi connectivity index (χ1n) is 5.57. The van der Waals surface area contributed by atoms with Gasteiger partial charge in [0.2, 0.25) is 0 Å². The number of likely N-dealkylation sites (N-methyl/N-ethyl adjacent to an activating group) is 1. The molecule has 1 rings (SSSR count). The number of carbonyl (C=O) groups excluding carboxylic acids is 2. The monoisotopic (exact) mass is 235 g/mol. The van der Waals surface area contributed by atoms with Gasteiger partial charge in [-0.3, -0.25) is 9.59 Å². The summed E-state index contributed by atoms with van der Waals surface area (Å²) >= 11 is 0. The van der Waals surface area contributed by atoms with Crippen LogP contribution in [0, 0.1) is 0 Å². The van der Waals surface area contributed by atoms with Crippen molar-refractivity contribution in [3.63, 3.8) is 0 Å². The average Bonchev–Trinajstić information content (AvgIpc) is 2.36. The summed E-state index contributed by atoms with van der Waals surface area (Å²) in [7, 11) is 1.69. The summed E-state index contributed by atoms with van der Waals surface area (Å²) in [6, 6.07) is 9.66. The minimum atomic E-state index is -0.355. The molecule has 0 unspecified atom stereocenters. The summed E-state index contributed by atoms with van der Waals surface area (Å²) in [4.78, 5) is 24.1. The first-order valence-corrected chi connectivity index (χ1v) is 5.57. The summed E-state index contributed by atoms with van der Waals surface area (Å²) in [5.74, 6) is -0.554. The molecule has 0 spiro atoms. The van der Waals surface area contributed by atoms with Gasteiger partial charge in [0.05, 0.1) is 0 Å². The molecule has 0 radical (unpaired) electrons. The zero-order chi connectivity index (χ0) is 12.7. The quantitative estimate of drug-likeness (QED) is 0.728. The van der Waals surface area contributed by atoms with Crippen LogP contribution in [0.4, 0.5) is 0 Å². The van der Waals surface area contributed by atoms with Gasteiger partial charge in [0, 0.05) is 20.0 Å². The van der Waals surface area contributed by atoms with Crippen LogP contribution in [0.5, 0.6) is 0 Å². The first-order chi connectivity index (χ1) is 8.13. The lowest BCUT2D eigenvalue weighted by molar-refractivity contribution is -0.151. The zero-order valence-corrected chi connectivity index (χ0v) is 10.2. The molecule has 4 nitrogen and oxygen atoms in total. The number of nitrogens with zero attached hydrogens (tertiary/aromatic N) is 1. The number of esters is 1. The molecule has 4 heteroatoms. The number of hydrogen-bond acceptors (Lipinski definition) is 3. The van der Waals surface area contributed by atoms with E-state index >= 15 is 0 Å². The van der Waals surface area contributed by atoms with E-state index in [1.54, 1.807) is 14.0 Å². The van der Waals surface area contributed by atoms with Crippen molar-refractivity contribution in [1.82, 2.24) is 4.90 Å². The van der Waals surface area contributed by atoms with Crippen LogP contribution >= 0.6 is 0 Å². The Kier molecular flexibility index (Phi) is 5.20. The molecule has 0 N–H and O–H groups in total. The number of benzene rings is 1. The Bertz CT molecular complexity index is 376. The smallest absolute Gasteiger partial charge is 0.306 e. The summed E-state index contributed by atoms with van der Waals surface area (Å²) in [5.41, 5.74) is 1.05. The van der Waals surface area contributed by atoms with Crippen molar-refractivity contribution in [2.24, 2.45) is 0 Å². The van der Waals surface area contributed by atoms with Gasteiger partial charge in [0.25, 0.3) is 5.91 Å². The highest BCUT2D eigenvalue weighted by molar-refractivity contribution is 5.80. The van der Waals surface area contributed by atoms with E-state index in [1.807, 2.05) is 30.3 Å². The normalized spacial score (nSPS) is 9.76. The highest BCUT2D eigenvalue weighted by atomic mass is 16.5. The van der Waals surface area contributed by atoms with E-state index < -0.39 is 0 Å². The maximum absolute atomic E-state index is 11.6. The minimum absolute atomic E-state index is 0.185. The van der Waals surface area contributed by atoms with Gasteiger partial charge in [-0.25, -0.2) is 0 Å². The molecule has 0 saturated carbocycles. The van der Waals surface area contributed by atoms with Crippen LogP contribution in [-0.2, 0) is 20.9 Å². The molecule has 0 fully saturated rings. The van der Waals surface area contributed by atoms with Crippen LogP contribution in [0.1, 0.15) is 18.9 Å². The fraction of sp³-hybridized carbons (Fsp3) is 0.385. The molecule has 0 aliphatic rings. The first kappa shape index (κ1) is 13.2.